The van der Waals surface area contributed by atoms with Crippen molar-refractivity contribution in [3.8, 4) is 6.07 Å². The Balaban J connectivity index is 1.67. The lowest BCUT2D eigenvalue weighted by Crippen LogP contribution is -2.46. The van der Waals surface area contributed by atoms with Crippen molar-refractivity contribution in [2.45, 2.75) is 6.10 Å². The summed E-state index contributed by atoms with van der Waals surface area (Å²) < 4.78 is 19.0. The molecule has 2 amide bonds. The van der Waals surface area contributed by atoms with E-state index in [9.17, 15) is 14.0 Å². The number of hydrogen-bond donors (Lipinski definition) is 1. The van der Waals surface area contributed by atoms with Crippen molar-refractivity contribution in [3.05, 3.63) is 64.4 Å². The van der Waals surface area contributed by atoms with Crippen LogP contribution in [-0.4, -0.2) is 36.4 Å². The molecule has 1 atom stereocenters. The summed E-state index contributed by atoms with van der Waals surface area (Å²) in [7, 11) is 0. The van der Waals surface area contributed by atoms with E-state index in [0.29, 0.717) is 16.8 Å². The normalized spacial score (nSPS) is 16.5. The molecule has 0 aliphatic carbocycles. The van der Waals surface area contributed by atoms with Crippen molar-refractivity contribution in [1.29, 1.82) is 5.26 Å². The summed E-state index contributed by atoms with van der Waals surface area (Å²) in [6, 6.07) is 12.5. The maximum Gasteiger partial charge on any atom is 0.313 e. The molecule has 138 valence electrons. The lowest BCUT2D eigenvalue weighted by atomic mass is 10.1. The van der Waals surface area contributed by atoms with Crippen LogP contribution in [0.15, 0.2) is 42.5 Å². The van der Waals surface area contributed by atoms with E-state index in [1.165, 1.54) is 29.2 Å². The van der Waals surface area contributed by atoms with Gasteiger partial charge in [-0.2, -0.15) is 5.26 Å². The first kappa shape index (κ1) is 18.8. The molecule has 2 aromatic carbocycles. The van der Waals surface area contributed by atoms with E-state index in [2.05, 4.69) is 5.32 Å². The van der Waals surface area contributed by atoms with Gasteiger partial charge in [-0.25, -0.2) is 4.39 Å². The highest BCUT2D eigenvalue weighted by molar-refractivity contribution is 6.39. The number of nitrogens with zero attached hydrogens (tertiary/aromatic N) is 2. The van der Waals surface area contributed by atoms with Crippen LogP contribution in [0, 0.1) is 17.1 Å². The number of benzene rings is 2. The van der Waals surface area contributed by atoms with Crippen LogP contribution in [0.3, 0.4) is 0 Å². The molecule has 0 saturated carbocycles. The van der Waals surface area contributed by atoms with E-state index < -0.39 is 23.7 Å². The summed E-state index contributed by atoms with van der Waals surface area (Å²) >= 11 is 5.80. The molecule has 0 bridgehead atoms. The number of halogens is 2. The third kappa shape index (κ3) is 4.42. The SMILES string of the molecule is N#Cc1cccc(NC(=O)C(=O)N2CCO[C@H](c3ccc(F)c(Cl)c3)C2)c1. The van der Waals surface area contributed by atoms with Crippen molar-refractivity contribution in [3.63, 3.8) is 0 Å². The second kappa shape index (κ2) is 8.16. The van der Waals surface area contributed by atoms with Gasteiger partial charge in [-0.15, -0.1) is 0 Å². The average Bonchev–Trinajstić information content (AvgIpc) is 2.69. The Hall–Kier alpha value is -2.95. The number of nitriles is 1. The number of ether oxygens (including phenoxy) is 1. The highest BCUT2D eigenvalue weighted by Crippen LogP contribution is 2.26. The molecular formula is C19H15ClFN3O3. The van der Waals surface area contributed by atoms with Gasteiger partial charge in [0.15, 0.2) is 0 Å². The Morgan fingerprint density at radius 3 is 2.85 bits per heavy atom. The first-order valence-corrected chi connectivity index (χ1v) is 8.52. The molecule has 3 rings (SSSR count). The molecular weight excluding hydrogens is 373 g/mol. The Morgan fingerprint density at radius 1 is 1.30 bits per heavy atom. The van der Waals surface area contributed by atoms with E-state index in [1.54, 1.807) is 18.2 Å². The predicted octanol–water partition coefficient (Wildman–Crippen LogP) is 2.89. The average molecular weight is 388 g/mol. The highest BCUT2D eigenvalue weighted by atomic mass is 35.5. The zero-order valence-electron chi connectivity index (χ0n) is 14.1. The number of carbonyl (C=O) groups is 2. The summed E-state index contributed by atoms with van der Waals surface area (Å²) in [6.07, 6.45) is -0.504. The Labute approximate surface area is 160 Å². The van der Waals surface area contributed by atoms with Gasteiger partial charge >= 0.3 is 11.8 Å². The van der Waals surface area contributed by atoms with Crippen molar-refractivity contribution < 1.29 is 18.7 Å². The maximum atomic E-state index is 13.3. The van der Waals surface area contributed by atoms with Gasteiger partial charge < -0.3 is 15.0 Å². The minimum absolute atomic E-state index is 0.0327. The van der Waals surface area contributed by atoms with Gasteiger partial charge in [0, 0.05) is 12.2 Å². The maximum absolute atomic E-state index is 13.3. The molecule has 1 saturated heterocycles. The first-order chi connectivity index (χ1) is 13.0. The fourth-order valence-corrected chi connectivity index (χ4v) is 2.93. The first-order valence-electron chi connectivity index (χ1n) is 8.15. The molecule has 0 aromatic heterocycles. The fraction of sp³-hybridized carbons (Fsp3) is 0.211. The van der Waals surface area contributed by atoms with Crippen LogP contribution in [0.4, 0.5) is 10.1 Å². The number of amides is 2. The minimum Gasteiger partial charge on any atom is -0.370 e. The molecule has 0 radical (unpaired) electrons. The van der Waals surface area contributed by atoms with Gasteiger partial charge in [0.05, 0.1) is 29.8 Å². The smallest absolute Gasteiger partial charge is 0.313 e. The van der Waals surface area contributed by atoms with Crippen LogP contribution >= 0.6 is 11.6 Å². The van der Waals surface area contributed by atoms with Crippen LogP contribution in [0.1, 0.15) is 17.2 Å². The number of hydrogen-bond acceptors (Lipinski definition) is 4. The van der Waals surface area contributed by atoms with E-state index in [-0.39, 0.29) is 24.7 Å². The topological polar surface area (TPSA) is 82.4 Å². The predicted molar refractivity (Wildman–Crippen MR) is 96.5 cm³/mol. The number of nitrogens with one attached hydrogen (secondary N) is 1. The summed E-state index contributed by atoms with van der Waals surface area (Å²) in [4.78, 5) is 26.1. The molecule has 1 fully saturated rings. The molecule has 27 heavy (non-hydrogen) atoms. The van der Waals surface area contributed by atoms with Crippen LogP contribution in [0.25, 0.3) is 0 Å². The van der Waals surface area contributed by atoms with Crippen molar-refractivity contribution in [1.82, 2.24) is 4.90 Å². The second-order valence-corrected chi connectivity index (χ2v) is 6.34. The summed E-state index contributed by atoms with van der Waals surface area (Å²) in [5.74, 6) is -2.05. The Kier molecular flexibility index (Phi) is 5.69. The lowest BCUT2D eigenvalue weighted by Gasteiger charge is -2.32. The van der Waals surface area contributed by atoms with Crippen LogP contribution in [0.2, 0.25) is 5.02 Å². The van der Waals surface area contributed by atoms with Crippen molar-refractivity contribution in [2.24, 2.45) is 0 Å². The van der Waals surface area contributed by atoms with Crippen LogP contribution < -0.4 is 5.32 Å². The lowest BCUT2D eigenvalue weighted by molar-refractivity contribution is -0.148. The standard InChI is InChI=1S/C19H15ClFN3O3/c20-15-9-13(4-5-16(15)21)17-11-24(6-7-27-17)19(26)18(25)23-14-3-1-2-12(8-14)10-22/h1-5,8-9,17H,6-7,11H2,(H,23,25)/t17-/m0/s1. The molecule has 2 aromatic rings. The van der Waals surface area contributed by atoms with Crippen molar-refractivity contribution >= 4 is 29.1 Å². The number of anilines is 1. The number of carbonyl (C=O) groups excluding carboxylic acids is 2. The second-order valence-electron chi connectivity index (χ2n) is 5.93. The van der Waals surface area contributed by atoms with Gasteiger partial charge in [0.2, 0.25) is 0 Å². The molecule has 1 N–H and O–H groups in total. The summed E-state index contributed by atoms with van der Waals surface area (Å²) in [5, 5.41) is 11.4. The molecule has 0 unspecified atom stereocenters. The van der Waals surface area contributed by atoms with Crippen LogP contribution in [0.5, 0.6) is 0 Å². The Morgan fingerprint density at radius 2 is 2.11 bits per heavy atom. The third-order valence-corrected chi connectivity index (χ3v) is 4.40. The zero-order valence-corrected chi connectivity index (χ0v) is 14.9. The molecule has 1 heterocycles. The van der Waals surface area contributed by atoms with E-state index in [0.717, 1.165) is 0 Å². The van der Waals surface area contributed by atoms with Crippen LogP contribution in [-0.2, 0) is 14.3 Å². The molecule has 1 aliphatic heterocycles. The zero-order chi connectivity index (χ0) is 19.4. The van der Waals surface area contributed by atoms with Gasteiger partial charge in [0.1, 0.15) is 11.9 Å². The monoisotopic (exact) mass is 387 g/mol. The quantitative estimate of drug-likeness (QED) is 0.803. The molecule has 0 spiro atoms. The summed E-state index contributed by atoms with van der Waals surface area (Å²) in [5.41, 5.74) is 1.36. The van der Waals surface area contributed by atoms with Gasteiger partial charge in [0.25, 0.3) is 0 Å². The van der Waals surface area contributed by atoms with Gasteiger partial charge in [-0.3, -0.25) is 9.59 Å². The van der Waals surface area contributed by atoms with E-state index in [1.807, 2.05) is 6.07 Å². The molecule has 8 heteroatoms. The highest BCUT2D eigenvalue weighted by Gasteiger charge is 2.29. The number of rotatable bonds is 2. The largest absolute Gasteiger partial charge is 0.370 e. The minimum atomic E-state index is -0.803. The third-order valence-electron chi connectivity index (χ3n) is 4.11. The molecule has 1 aliphatic rings. The van der Waals surface area contributed by atoms with Crippen molar-refractivity contribution in [2.75, 3.05) is 25.0 Å². The van der Waals surface area contributed by atoms with Gasteiger partial charge in [-0.1, -0.05) is 23.7 Å². The fourth-order valence-electron chi connectivity index (χ4n) is 2.74. The van der Waals surface area contributed by atoms with E-state index >= 15 is 0 Å². The number of morpholine rings is 1. The van der Waals surface area contributed by atoms with E-state index in [4.69, 9.17) is 21.6 Å². The summed E-state index contributed by atoms with van der Waals surface area (Å²) in [6.45, 7) is 0.644. The van der Waals surface area contributed by atoms with Gasteiger partial charge in [-0.05, 0) is 35.9 Å². The Bertz CT molecular complexity index is 929. The molecule has 6 nitrogen and oxygen atoms in total.